The van der Waals surface area contributed by atoms with Crippen molar-refractivity contribution in [2.75, 3.05) is 31.6 Å². The zero-order valence-electron chi connectivity index (χ0n) is 16.2. The molecule has 0 atom stereocenters. The number of sulfonamides is 1. The molecule has 0 radical (unpaired) electrons. The lowest BCUT2D eigenvalue weighted by Gasteiger charge is -2.27. The summed E-state index contributed by atoms with van der Waals surface area (Å²) >= 11 is 7.31. The molecule has 7 nitrogen and oxygen atoms in total. The van der Waals surface area contributed by atoms with Gasteiger partial charge >= 0.3 is 0 Å². The number of nitrogens with one attached hydrogen (secondary N) is 1. The van der Waals surface area contributed by atoms with E-state index in [0.717, 1.165) is 10.2 Å². The number of fused-ring (bicyclic) bond motifs is 1. The average Bonchev–Trinajstić information content (AvgIpc) is 3.15. The fourth-order valence-electron chi connectivity index (χ4n) is 3.28. The lowest BCUT2D eigenvalue weighted by Crippen LogP contribution is -2.41. The number of aromatic nitrogens is 1. The number of ether oxygens (including phenoxy) is 1. The summed E-state index contributed by atoms with van der Waals surface area (Å²) in [5, 5.41) is 3.78. The van der Waals surface area contributed by atoms with Crippen molar-refractivity contribution in [1.29, 1.82) is 0 Å². The van der Waals surface area contributed by atoms with Crippen LogP contribution in [0.25, 0.3) is 10.2 Å². The average molecular weight is 466 g/mol. The van der Waals surface area contributed by atoms with Gasteiger partial charge in [-0.3, -0.25) is 10.1 Å². The SMILES string of the molecule is CCc1ccc(C(=O)Nc2nc3ccc(Cl)cc3s2)cc1S(=O)(=O)N1CCOCC1. The second-order valence-corrected chi connectivity index (χ2v) is 10.2. The number of benzene rings is 2. The van der Waals surface area contributed by atoms with Crippen LogP contribution in [-0.2, 0) is 21.2 Å². The van der Waals surface area contributed by atoms with Gasteiger partial charge in [0.25, 0.3) is 5.91 Å². The van der Waals surface area contributed by atoms with Gasteiger partial charge in [-0.2, -0.15) is 4.31 Å². The molecule has 0 unspecified atom stereocenters. The molecule has 158 valence electrons. The summed E-state index contributed by atoms with van der Waals surface area (Å²) in [6.45, 7) is 3.22. The molecule has 10 heteroatoms. The number of morpholine rings is 1. The van der Waals surface area contributed by atoms with E-state index in [2.05, 4.69) is 10.3 Å². The van der Waals surface area contributed by atoms with Gasteiger partial charge < -0.3 is 4.74 Å². The molecular weight excluding hydrogens is 446 g/mol. The number of halogens is 1. The Hall–Kier alpha value is -2.04. The second-order valence-electron chi connectivity index (χ2n) is 6.78. The summed E-state index contributed by atoms with van der Waals surface area (Å²) < 4.78 is 33.9. The van der Waals surface area contributed by atoms with Crippen LogP contribution in [0.1, 0.15) is 22.8 Å². The van der Waals surface area contributed by atoms with E-state index in [1.807, 2.05) is 6.92 Å². The summed E-state index contributed by atoms with van der Waals surface area (Å²) in [7, 11) is -3.71. The van der Waals surface area contributed by atoms with E-state index in [-0.39, 0.29) is 10.5 Å². The zero-order valence-corrected chi connectivity index (χ0v) is 18.6. The van der Waals surface area contributed by atoms with Crippen LogP contribution < -0.4 is 5.32 Å². The molecule has 4 rings (SSSR count). The molecule has 1 N–H and O–H groups in total. The van der Waals surface area contributed by atoms with E-state index >= 15 is 0 Å². The number of amides is 1. The molecule has 1 amide bonds. The van der Waals surface area contributed by atoms with Gasteiger partial charge in [-0.25, -0.2) is 13.4 Å². The van der Waals surface area contributed by atoms with Crippen LogP contribution in [0.15, 0.2) is 41.3 Å². The van der Waals surface area contributed by atoms with Crippen LogP contribution >= 0.6 is 22.9 Å². The van der Waals surface area contributed by atoms with E-state index in [1.54, 1.807) is 30.3 Å². The monoisotopic (exact) mass is 465 g/mol. The van der Waals surface area contributed by atoms with Crippen molar-refractivity contribution >= 4 is 54.2 Å². The highest BCUT2D eigenvalue weighted by molar-refractivity contribution is 7.89. The van der Waals surface area contributed by atoms with E-state index in [1.165, 1.54) is 21.7 Å². The van der Waals surface area contributed by atoms with Crippen LogP contribution in [0.3, 0.4) is 0 Å². The molecule has 1 aliphatic rings. The number of carbonyl (C=O) groups is 1. The van der Waals surface area contributed by atoms with Crippen molar-refractivity contribution in [3.05, 3.63) is 52.5 Å². The molecular formula is C20H20ClN3O4S2. The summed E-state index contributed by atoms with van der Waals surface area (Å²) in [6, 6.07) is 10.1. The number of aryl methyl sites for hydroxylation is 1. The molecule has 0 bridgehead atoms. The highest BCUT2D eigenvalue weighted by Gasteiger charge is 2.29. The van der Waals surface area contributed by atoms with Crippen molar-refractivity contribution in [1.82, 2.24) is 9.29 Å². The van der Waals surface area contributed by atoms with E-state index < -0.39 is 15.9 Å². The molecule has 2 heterocycles. The van der Waals surface area contributed by atoms with Gasteiger partial charge in [0.15, 0.2) is 5.13 Å². The lowest BCUT2D eigenvalue weighted by molar-refractivity contribution is 0.0730. The van der Waals surface area contributed by atoms with Crippen molar-refractivity contribution in [2.24, 2.45) is 0 Å². The van der Waals surface area contributed by atoms with Crippen molar-refractivity contribution in [3.8, 4) is 0 Å². The molecule has 1 fully saturated rings. The Balaban J connectivity index is 1.63. The predicted molar refractivity (Wildman–Crippen MR) is 118 cm³/mol. The fraction of sp³-hybridized carbons (Fsp3) is 0.300. The number of carbonyl (C=O) groups excluding carboxylic acids is 1. The number of rotatable bonds is 5. The molecule has 3 aromatic rings. The number of nitrogens with zero attached hydrogens (tertiary/aromatic N) is 2. The third kappa shape index (κ3) is 4.21. The Morgan fingerprint density at radius 2 is 2.00 bits per heavy atom. The summed E-state index contributed by atoms with van der Waals surface area (Å²) in [5.74, 6) is -0.416. The Kier molecular flexibility index (Phi) is 6.08. The molecule has 30 heavy (non-hydrogen) atoms. The first-order chi connectivity index (χ1) is 14.4. The van der Waals surface area contributed by atoms with Crippen LogP contribution in [-0.4, -0.2) is 49.9 Å². The minimum atomic E-state index is -3.71. The van der Waals surface area contributed by atoms with Gasteiger partial charge in [0.05, 0.1) is 28.3 Å². The standard InChI is InChI=1S/C20H20ClN3O4S2/c1-2-13-3-4-14(11-18(13)30(26,27)24-7-9-28-10-8-24)19(25)23-20-22-16-6-5-15(21)12-17(16)29-20/h3-6,11-12H,2,7-10H2,1H3,(H,22,23,25). The summed E-state index contributed by atoms with van der Waals surface area (Å²) in [4.78, 5) is 17.4. The smallest absolute Gasteiger partial charge is 0.257 e. The van der Waals surface area contributed by atoms with Crippen molar-refractivity contribution in [2.45, 2.75) is 18.2 Å². The zero-order chi connectivity index (χ0) is 21.3. The normalized spacial score (nSPS) is 15.4. The van der Waals surface area contributed by atoms with Gasteiger partial charge in [0.2, 0.25) is 10.0 Å². The van der Waals surface area contributed by atoms with Crippen LogP contribution in [0, 0.1) is 0 Å². The Bertz CT molecular complexity index is 1200. The highest BCUT2D eigenvalue weighted by Crippen LogP contribution is 2.29. The third-order valence-electron chi connectivity index (χ3n) is 4.87. The Labute approximate surface area is 183 Å². The fourth-order valence-corrected chi connectivity index (χ4v) is 6.14. The maximum atomic E-state index is 13.2. The lowest BCUT2D eigenvalue weighted by atomic mass is 10.1. The van der Waals surface area contributed by atoms with E-state index in [4.69, 9.17) is 16.3 Å². The number of hydrogen-bond donors (Lipinski definition) is 1. The molecule has 1 saturated heterocycles. The summed E-state index contributed by atoms with van der Waals surface area (Å²) in [5.41, 5.74) is 1.67. The van der Waals surface area contributed by atoms with Gasteiger partial charge in [-0.15, -0.1) is 0 Å². The second kappa shape index (κ2) is 8.60. The highest BCUT2D eigenvalue weighted by atomic mass is 35.5. The molecule has 1 aromatic heterocycles. The first-order valence-electron chi connectivity index (χ1n) is 9.47. The molecule has 0 spiro atoms. The minimum absolute atomic E-state index is 0.163. The Morgan fingerprint density at radius 3 is 2.73 bits per heavy atom. The molecule has 0 saturated carbocycles. The van der Waals surface area contributed by atoms with Crippen molar-refractivity contribution in [3.63, 3.8) is 0 Å². The first kappa shape index (κ1) is 21.2. The number of anilines is 1. The summed E-state index contributed by atoms with van der Waals surface area (Å²) in [6.07, 6.45) is 0.541. The third-order valence-corrected chi connectivity index (χ3v) is 8.02. The Morgan fingerprint density at radius 1 is 1.23 bits per heavy atom. The maximum Gasteiger partial charge on any atom is 0.257 e. The topological polar surface area (TPSA) is 88.6 Å². The molecule has 2 aromatic carbocycles. The molecule has 0 aliphatic carbocycles. The van der Waals surface area contributed by atoms with Gasteiger partial charge in [-0.1, -0.05) is 35.9 Å². The van der Waals surface area contributed by atoms with Gasteiger partial charge in [0.1, 0.15) is 0 Å². The van der Waals surface area contributed by atoms with E-state index in [9.17, 15) is 13.2 Å². The maximum absolute atomic E-state index is 13.2. The quantitative estimate of drug-likeness (QED) is 0.619. The van der Waals surface area contributed by atoms with E-state index in [0.29, 0.717) is 48.4 Å². The van der Waals surface area contributed by atoms with Crippen molar-refractivity contribution < 1.29 is 17.9 Å². The first-order valence-corrected chi connectivity index (χ1v) is 12.1. The predicted octanol–water partition coefficient (Wildman–Crippen LogP) is 3.79. The van der Waals surface area contributed by atoms with Gasteiger partial charge in [0, 0.05) is 23.7 Å². The minimum Gasteiger partial charge on any atom is -0.379 e. The molecule has 1 aliphatic heterocycles. The van der Waals surface area contributed by atoms with Crippen LogP contribution in [0.2, 0.25) is 5.02 Å². The van der Waals surface area contributed by atoms with Gasteiger partial charge in [-0.05, 0) is 42.3 Å². The number of thiazole rings is 1. The largest absolute Gasteiger partial charge is 0.379 e. The van der Waals surface area contributed by atoms with Crippen LogP contribution in [0.5, 0.6) is 0 Å². The number of hydrogen-bond acceptors (Lipinski definition) is 6. The van der Waals surface area contributed by atoms with Crippen LogP contribution in [0.4, 0.5) is 5.13 Å².